The monoisotopic (exact) mass is 278 g/mol. The zero-order valence-corrected chi connectivity index (χ0v) is 12.6. The summed E-state index contributed by atoms with van der Waals surface area (Å²) in [6.45, 7) is 7.38. The average Bonchev–Trinajstić information content (AvgIpc) is 2.38. The molecule has 1 aliphatic heterocycles. The summed E-state index contributed by atoms with van der Waals surface area (Å²) in [4.78, 5) is 16.3. The number of hydrogen-bond donors (Lipinski definition) is 1. The van der Waals surface area contributed by atoms with E-state index in [-0.39, 0.29) is 6.09 Å². The van der Waals surface area contributed by atoms with Crippen LogP contribution in [0.5, 0.6) is 0 Å². The SMILES string of the molecule is CC(C)(C)OC(=O)N[N+]1(c2cccnc2)CCCCC1. The maximum absolute atomic E-state index is 12.1. The number of carbonyl (C=O) groups is 1. The Bertz CT molecular complexity index is 448. The van der Waals surface area contributed by atoms with Crippen molar-refractivity contribution in [2.75, 3.05) is 13.1 Å². The number of quaternary nitrogens is 1. The number of nitrogens with zero attached hydrogens (tertiary/aromatic N) is 2. The highest BCUT2D eigenvalue weighted by atomic mass is 16.6. The molecule has 20 heavy (non-hydrogen) atoms. The van der Waals surface area contributed by atoms with E-state index in [1.807, 2.05) is 39.1 Å². The lowest BCUT2D eigenvalue weighted by atomic mass is 10.1. The van der Waals surface area contributed by atoms with Gasteiger partial charge in [0.15, 0.2) is 5.69 Å². The third-order valence-corrected chi connectivity index (χ3v) is 3.42. The molecule has 0 unspecified atom stereocenters. The molecule has 2 heterocycles. The Balaban J connectivity index is 2.18. The van der Waals surface area contributed by atoms with Crippen molar-refractivity contribution < 1.29 is 9.53 Å². The first-order valence-corrected chi connectivity index (χ1v) is 7.20. The maximum Gasteiger partial charge on any atom is 0.452 e. The Labute approximate surface area is 120 Å². The van der Waals surface area contributed by atoms with Gasteiger partial charge >= 0.3 is 6.09 Å². The number of pyridine rings is 1. The van der Waals surface area contributed by atoms with E-state index in [1.54, 1.807) is 6.20 Å². The second kappa shape index (κ2) is 5.79. The van der Waals surface area contributed by atoms with E-state index >= 15 is 0 Å². The minimum absolute atomic E-state index is 0.372. The number of aromatic nitrogens is 1. The van der Waals surface area contributed by atoms with Gasteiger partial charge in [0, 0.05) is 12.3 Å². The molecule has 1 N–H and O–H groups in total. The van der Waals surface area contributed by atoms with Gasteiger partial charge in [-0.1, -0.05) is 0 Å². The second-order valence-electron chi connectivity index (χ2n) is 6.30. The highest BCUT2D eigenvalue weighted by Gasteiger charge is 2.36. The van der Waals surface area contributed by atoms with Gasteiger partial charge in [0.1, 0.15) is 18.7 Å². The molecule has 0 atom stereocenters. The molecule has 1 fully saturated rings. The van der Waals surface area contributed by atoms with Crippen molar-refractivity contribution in [3.8, 4) is 0 Å². The van der Waals surface area contributed by atoms with E-state index in [0.717, 1.165) is 31.6 Å². The first kappa shape index (κ1) is 14.8. The standard InChI is InChI=1S/C15H23N3O2/c1-15(2,3)20-14(19)17-18(10-5-4-6-11-18)13-8-7-9-16-12-13/h7-9,12H,4-6,10-11H2,1-3H3/p+1. The van der Waals surface area contributed by atoms with Gasteiger partial charge in [-0.25, -0.2) is 4.79 Å². The summed E-state index contributed by atoms with van der Waals surface area (Å²) in [5.74, 6) is 0. The summed E-state index contributed by atoms with van der Waals surface area (Å²) in [5.41, 5.74) is 3.57. The van der Waals surface area contributed by atoms with Crippen molar-refractivity contribution in [1.82, 2.24) is 15.0 Å². The lowest BCUT2D eigenvalue weighted by molar-refractivity contribution is 0.0310. The molecule has 0 spiro atoms. The van der Waals surface area contributed by atoms with Crippen molar-refractivity contribution in [2.24, 2.45) is 0 Å². The van der Waals surface area contributed by atoms with Crippen LogP contribution < -0.4 is 10.0 Å². The van der Waals surface area contributed by atoms with Crippen LogP contribution in [0.15, 0.2) is 24.5 Å². The zero-order valence-electron chi connectivity index (χ0n) is 12.6. The lowest BCUT2D eigenvalue weighted by Crippen LogP contribution is -2.64. The number of ether oxygens (including phenoxy) is 1. The predicted molar refractivity (Wildman–Crippen MR) is 79.0 cm³/mol. The molecule has 1 amide bonds. The van der Waals surface area contributed by atoms with Crippen molar-refractivity contribution in [1.29, 1.82) is 0 Å². The fraction of sp³-hybridized carbons (Fsp3) is 0.600. The Morgan fingerprint density at radius 1 is 1.30 bits per heavy atom. The van der Waals surface area contributed by atoms with E-state index in [2.05, 4.69) is 10.4 Å². The minimum atomic E-state index is -0.487. The molecule has 5 nitrogen and oxygen atoms in total. The quantitative estimate of drug-likeness (QED) is 0.846. The molecule has 0 radical (unpaired) electrons. The largest absolute Gasteiger partial charge is 0.452 e. The molecule has 1 aromatic rings. The van der Waals surface area contributed by atoms with E-state index in [4.69, 9.17) is 4.74 Å². The van der Waals surface area contributed by atoms with E-state index in [9.17, 15) is 4.79 Å². The van der Waals surface area contributed by atoms with Gasteiger partial charge in [0.05, 0.1) is 6.20 Å². The average molecular weight is 278 g/mol. The van der Waals surface area contributed by atoms with Crippen LogP contribution in [0.3, 0.4) is 0 Å². The van der Waals surface area contributed by atoms with Crippen LogP contribution >= 0.6 is 0 Å². The molecular formula is C15H24N3O2+. The molecule has 1 aliphatic rings. The highest BCUT2D eigenvalue weighted by Crippen LogP contribution is 2.25. The topological polar surface area (TPSA) is 51.2 Å². The molecule has 0 saturated carbocycles. The van der Waals surface area contributed by atoms with Crippen LogP contribution in [0.2, 0.25) is 0 Å². The van der Waals surface area contributed by atoms with Crippen molar-refractivity contribution >= 4 is 11.8 Å². The zero-order chi connectivity index (χ0) is 14.6. The Hall–Kier alpha value is -1.62. The Kier molecular flexibility index (Phi) is 4.28. The van der Waals surface area contributed by atoms with Crippen LogP contribution in [0, 0.1) is 0 Å². The maximum atomic E-state index is 12.1. The summed E-state index contributed by atoms with van der Waals surface area (Å²) in [5, 5.41) is 0. The molecular weight excluding hydrogens is 254 g/mol. The fourth-order valence-corrected chi connectivity index (χ4v) is 2.57. The van der Waals surface area contributed by atoms with Gasteiger partial charge in [-0.2, -0.15) is 10.0 Å². The van der Waals surface area contributed by atoms with Crippen molar-refractivity contribution in [3.63, 3.8) is 0 Å². The Morgan fingerprint density at radius 2 is 2.00 bits per heavy atom. The smallest absolute Gasteiger partial charge is 0.441 e. The van der Waals surface area contributed by atoms with E-state index in [0.29, 0.717) is 4.59 Å². The third-order valence-electron chi connectivity index (χ3n) is 3.42. The highest BCUT2D eigenvalue weighted by molar-refractivity contribution is 5.69. The summed E-state index contributed by atoms with van der Waals surface area (Å²) in [6.07, 6.45) is 6.58. The van der Waals surface area contributed by atoms with Crippen LogP contribution in [0.4, 0.5) is 10.5 Å². The molecule has 110 valence electrons. The number of carbonyl (C=O) groups excluding carboxylic acids is 1. The molecule has 0 bridgehead atoms. The van der Waals surface area contributed by atoms with Gasteiger partial charge in [-0.3, -0.25) is 4.98 Å². The normalized spacial score (nSPS) is 18.4. The number of nitrogens with one attached hydrogen (secondary N) is 1. The predicted octanol–water partition coefficient (Wildman–Crippen LogP) is 3.01. The second-order valence-corrected chi connectivity index (χ2v) is 6.30. The van der Waals surface area contributed by atoms with E-state index in [1.165, 1.54) is 6.42 Å². The van der Waals surface area contributed by atoms with Crippen LogP contribution in [0.25, 0.3) is 0 Å². The van der Waals surface area contributed by atoms with Crippen molar-refractivity contribution in [2.45, 2.75) is 45.6 Å². The molecule has 1 aromatic heterocycles. The fourth-order valence-electron chi connectivity index (χ4n) is 2.57. The van der Waals surface area contributed by atoms with Gasteiger partial charge in [-0.05, 0) is 46.1 Å². The first-order valence-electron chi connectivity index (χ1n) is 7.20. The molecule has 0 aliphatic carbocycles. The van der Waals surface area contributed by atoms with Crippen LogP contribution in [-0.4, -0.2) is 29.8 Å². The molecule has 5 heteroatoms. The van der Waals surface area contributed by atoms with Gasteiger partial charge in [0.2, 0.25) is 0 Å². The molecule has 0 aromatic carbocycles. The van der Waals surface area contributed by atoms with Gasteiger partial charge in [-0.15, -0.1) is 0 Å². The van der Waals surface area contributed by atoms with Gasteiger partial charge in [0.25, 0.3) is 0 Å². The Morgan fingerprint density at radius 3 is 2.55 bits per heavy atom. The first-order chi connectivity index (χ1) is 9.41. The number of amides is 1. The minimum Gasteiger partial charge on any atom is -0.441 e. The summed E-state index contributed by atoms with van der Waals surface area (Å²) >= 11 is 0. The summed E-state index contributed by atoms with van der Waals surface area (Å²) in [7, 11) is 0. The third kappa shape index (κ3) is 3.70. The van der Waals surface area contributed by atoms with Gasteiger partial charge < -0.3 is 4.74 Å². The number of piperidine rings is 1. The molecule has 2 rings (SSSR count). The molecule has 1 saturated heterocycles. The number of rotatable bonds is 2. The van der Waals surface area contributed by atoms with Crippen molar-refractivity contribution in [3.05, 3.63) is 24.5 Å². The number of hydrogen-bond acceptors (Lipinski definition) is 3. The van der Waals surface area contributed by atoms with E-state index < -0.39 is 5.60 Å². The lowest BCUT2D eigenvalue weighted by Gasteiger charge is -2.39. The van der Waals surface area contributed by atoms with Crippen LogP contribution in [0.1, 0.15) is 40.0 Å². The summed E-state index contributed by atoms with van der Waals surface area (Å²) in [6, 6.07) is 3.91. The summed E-state index contributed by atoms with van der Waals surface area (Å²) < 4.78 is 5.83. The van der Waals surface area contributed by atoms with Crippen LogP contribution in [-0.2, 0) is 4.74 Å².